The van der Waals surface area contributed by atoms with E-state index in [1.807, 2.05) is 30.3 Å². The third-order valence-electron chi connectivity index (χ3n) is 6.01. The molecule has 3 aromatic carbocycles. The number of amides is 1. The van der Waals surface area contributed by atoms with Crippen LogP contribution in [-0.4, -0.2) is 62.8 Å². The Kier molecular flexibility index (Phi) is 7.59. The van der Waals surface area contributed by atoms with E-state index in [1.165, 1.54) is 16.4 Å². The predicted molar refractivity (Wildman–Crippen MR) is 131 cm³/mol. The smallest absolute Gasteiger partial charge is 0.243 e. The third-order valence-corrected chi connectivity index (χ3v) is 7.87. The summed E-state index contributed by atoms with van der Waals surface area (Å²) in [6.07, 6.45) is 0.512. The normalized spacial score (nSPS) is 14.4. The van der Waals surface area contributed by atoms with Crippen LogP contribution in [0.4, 0.5) is 10.1 Å². The molecule has 1 fully saturated rings. The number of rotatable bonds is 8. The number of halogens is 1. The summed E-state index contributed by atoms with van der Waals surface area (Å²) in [6, 6.07) is 24.2. The van der Waals surface area contributed by atoms with Gasteiger partial charge in [0.1, 0.15) is 5.82 Å². The number of benzene rings is 3. The van der Waals surface area contributed by atoms with Gasteiger partial charge >= 0.3 is 0 Å². The molecule has 0 unspecified atom stereocenters. The molecule has 0 radical (unpaired) electrons. The van der Waals surface area contributed by atoms with Crippen molar-refractivity contribution >= 4 is 21.6 Å². The van der Waals surface area contributed by atoms with Crippen molar-refractivity contribution in [2.45, 2.75) is 11.3 Å². The van der Waals surface area contributed by atoms with E-state index in [1.54, 1.807) is 47.4 Å². The molecule has 34 heavy (non-hydrogen) atoms. The second-order valence-corrected chi connectivity index (χ2v) is 10.2. The highest BCUT2D eigenvalue weighted by molar-refractivity contribution is 7.89. The summed E-state index contributed by atoms with van der Waals surface area (Å²) in [5, 5.41) is 0. The molecule has 1 heterocycles. The third kappa shape index (κ3) is 5.81. The molecule has 4 rings (SSSR count). The van der Waals surface area contributed by atoms with Gasteiger partial charge in [0.05, 0.1) is 11.4 Å². The lowest BCUT2D eigenvalue weighted by Crippen LogP contribution is -2.52. The predicted octanol–water partition coefficient (Wildman–Crippen LogP) is 3.41. The lowest BCUT2D eigenvalue weighted by Gasteiger charge is -2.37. The molecule has 1 saturated heterocycles. The van der Waals surface area contributed by atoms with Crippen molar-refractivity contribution in [3.05, 3.63) is 96.3 Å². The Balaban J connectivity index is 1.44. The number of anilines is 1. The molecule has 178 valence electrons. The van der Waals surface area contributed by atoms with E-state index in [4.69, 9.17) is 0 Å². The minimum atomic E-state index is -3.82. The highest BCUT2D eigenvalue weighted by Gasteiger charge is 2.29. The molecule has 0 bridgehead atoms. The van der Waals surface area contributed by atoms with Crippen LogP contribution in [0.3, 0.4) is 0 Å². The van der Waals surface area contributed by atoms with E-state index in [2.05, 4.69) is 4.90 Å². The standard InChI is InChI=1S/C26H28FN3O3S/c27-23-11-13-24(14-12-23)28-17-19-29(20-18-28)26(31)21-30(16-15-22-7-3-1-4-8-22)34(32,33)25-9-5-2-6-10-25/h1-14H,15-21H2. The van der Waals surface area contributed by atoms with Gasteiger partial charge < -0.3 is 9.80 Å². The molecule has 0 saturated carbocycles. The van der Waals surface area contributed by atoms with Crippen molar-refractivity contribution in [1.82, 2.24) is 9.21 Å². The first-order valence-corrected chi connectivity index (χ1v) is 12.7. The summed E-state index contributed by atoms with van der Waals surface area (Å²) in [5.74, 6) is -0.501. The van der Waals surface area contributed by atoms with E-state index < -0.39 is 10.0 Å². The number of sulfonamides is 1. The van der Waals surface area contributed by atoms with Crippen molar-refractivity contribution in [2.75, 3.05) is 44.2 Å². The Bertz CT molecular complexity index is 1180. The zero-order valence-corrected chi connectivity index (χ0v) is 19.7. The van der Waals surface area contributed by atoms with Crippen LogP contribution >= 0.6 is 0 Å². The van der Waals surface area contributed by atoms with Crippen molar-refractivity contribution in [3.8, 4) is 0 Å². The summed E-state index contributed by atoms with van der Waals surface area (Å²) >= 11 is 0. The molecule has 1 aliphatic rings. The number of carbonyl (C=O) groups excluding carboxylic acids is 1. The molecular weight excluding hydrogens is 453 g/mol. The van der Waals surface area contributed by atoms with Gasteiger partial charge in [0.2, 0.25) is 15.9 Å². The van der Waals surface area contributed by atoms with Gasteiger partial charge in [0.15, 0.2) is 0 Å². The van der Waals surface area contributed by atoms with Crippen LogP contribution in [0.1, 0.15) is 5.56 Å². The van der Waals surface area contributed by atoms with Gasteiger partial charge in [0, 0.05) is 38.4 Å². The van der Waals surface area contributed by atoms with E-state index in [0.29, 0.717) is 32.6 Å². The summed E-state index contributed by atoms with van der Waals surface area (Å²) in [6.45, 7) is 2.17. The van der Waals surface area contributed by atoms with Crippen molar-refractivity contribution < 1.29 is 17.6 Å². The highest BCUT2D eigenvalue weighted by Crippen LogP contribution is 2.19. The first-order valence-electron chi connectivity index (χ1n) is 11.3. The monoisotopic (exact) mass is 481 g/mol. The minimum Gasteiger partial charge on any atom is -0.368 e. The van der Waals surface area contributed by atoms with Crippen molar-refractivity contribution in [3.63, 3.8) is 0 Å². The molecule has 8 heteroatoms. The van der Waals surface area contributed by atoms with Gasteiger partial charge in [-0.05, 0) is 48.4 Å². The number of piperazine rings is 1. The fourth-order valence-corrected chi connectivity index (χ4v) is 5.45. The van der Waals surface area contributed by atoms with E-state index in [-0.39, 0.29) is 29.7 Å². The zero-order valence-electron chi connectivity index (χ0n) is 18.9. The van der Waals surface area contributed by atoms with Gasteiger partial charge in [0.25, 0.3) is 0 Å². The molecule has 0 spiro atoms. The minimum absolute atomic E-state index is 0.178. The Morgan fingerprint density at radius 2 is 1.41 bits per heavy atom. The number of nitrogens with zero attached hydrogens (tertiary/aromatic N) is 3. The van der Waals surface area contributed by atoms with Gasteiger partial charge in [-0.15, -0.1) is 0 Å². The topological polar surface area (TPSA) is 60.9 Å². The molecule has 0 N–H and O–H groups in total. The SMILES string of the molecule is O=C(CN(CCc1ccccc1)S(=O)(=O)c1ccccc1)N1CCN(c2ccc(F)cc2)CC1. The van der Waals surface area contributed by atoms with Gasteiger partial charge in [-0.25, -0.2) is 12.8 Å². The van der Waals surface area contributed by atoms with Crippen LogP contribution < -0.4 is 4.90 Å². The lowest BCUT2D eigenvalue weighted by atomic mass is 10.1. The maximum Gasteiger partial charge on any atom is 0.243 e. The van der Waals surface area contributed by atoms with Crippen LogP contribution in [0, 0.1) is 5.82 Å². The van der Waals surface area contributed by atoms with Crippen LogP contribution in [0.2, 0.25) is 0 Å². The van der Waals surface area contributed by atoms with E-state index in [9.17, 15) is 17.6 Å². The van der Waals surface area contributed by atoms with Crippen LogP contribution in [0.15, 0.2) is 89.8 Å². The van der Waals surface area contributed by atoms with Crippen LogP contribution in [0.25, 0.3) is 0 Å². The van der Waals surface area contributed by atoms with Gasteiger partial charge in [-0.2, -0.15) is 4.31 Å². The van der Waals surface area contributed by atoms with E-state index >= 15 is 0 Å². The average molecular weight is 482 g/mol. The molecule has 0 aliphatic carbocycles. The maximum atomic E-state index is 13.4. The average Bonchev–Trinajstić information content (AvgIpc) is 2.88. The molecule has 3 aromatic rings. The van der Waals surface area contributed by atoms with Gasteiger partial charge in [-0.1, -0.05) is 48.5 Å². The highest BCUT2D eigenvalue weighted by atomic mass is 32.2. The lowest BCUT2D eigenvalue weighted by molar-refractivity contribution is -0.131. The zero-order chi connectivity index (χ0) is 24.0. The van der Waals surface area contributed by atoms with Crippen LogP contribution in [0.5, 0.6) is 0 Å². The first kappa shape index (κ1) is 23.9. The quantitative estimate of drug-likeness (QED) is 0.495. The fraction of sp³-hybridized carbons (Fsp3) is 0.269. The fourth-order valence-electron chi connectivity index (χ4n) is 4.04. The van der Waals surface area contributed by atoms with Crippen LogP contribution in [-0.2, 0) is 21.2 Å². The number of carbonyl (C=O) groups is 1. The van der Waals surface area contributed by atoms with Crippen molar-refractivity contribution in [1.29, 1.82) is 0 Å². The largest absolute Gasteiger partial charge is 0.368 e. The summed E-state index contributed by atoms with van der Waals surface area (Å²) < 4.78 is 41.2. The Morgan fingerprint density at radius 1 is 0.824 bits per heavy atom. The molecule has 0 atom stereocenters. The molecule has 6 nitrogen and oxygen atoms in total. The summed E-state index contributed by atoms with van der Waals surface area (Å²) in [4.78, 5) is 17.1. The second kappa shape index (κ2) is 10.8. The summed E-state index contributed by atoms with van der Waals surface area (Å²) in [7, 11) is -3.82. The van der Waals surface area contributed by atoms with E-state index in [0.717, 1.165) is 11.3 Å². The number of hydrogen-bond donors (Lipinski definition) is 0. The summed E-state index contributed by atoms with van der Waals surface area (Å²) in [5.41, 5.74) is 1.92. The molecule has 1 aliphatic heterocycles. The molecule has 1 amide bonds. The second-order valence-electron chi connectivity index (χ2n) is 8.23. The first-order chi connectivity index (χ1) is 16.4. The molecular formula is C26H28FN3O3S. The Labute approximate surface area is 200 Å². The Morgan fingerprint density at radius 3 is 2.03 bits per heavy atom. The molecule has 0 aromatic heterocycles. The van der Waals surface area contributed by atoms with Crippen molar-refractivity contribution in [2.24, 2.45) is 0 Å². The van der Waals surface area contributed by atoms with Gasteiger partial charge in [-0.3, -0.25) is 4.79 Å². The number of hydrogen-bond acceptors (Lipinski definition) is 4. The maximum absolute atomic E-state index is 13.4. The Hall–Kier alpha value is -3.23.